The van der Waals surface area contributed by atoms with E-state index in [4.69, 9.17) is 15.9 Å². The van der Waals surface area contributed by atoms with Crippen LogP contribution in [0.25, 0.3) is 0 Å². The van der Waals surface area contributed by atoms with Gasteiger partial charge in [0.15, 0.2) is 6.04 Å². The topological polar surface area (TPSA) is 120 Å². The molecule has 0 aliphatic carbocycles. The molecule has 0 amide bonds. The minimum Gasteiger partial charge on any atom is -0.492 e. The molecule has 138 valence electrons. The van der Waals surface area contributed by atoms with Crippen molar-refractivity contribution in [1.29, 1.82) is 5.41 Å². The number of carboxylic acid groups (broad SMARTS) is 1. The summed E-state index contributed by atoms with van der Waals surface area (Å²) in [6.07, 6.45) is 0. The number of benzene rings is 2. The van der Waals surface area contributed by atoms with Gasteiger partial charge in [-0.1, -0.05) is 6.07 Å². The van der Waals surface area contributed by atoms with Crippen molar-refractivity contribution in [3.8, 4) is 5.75 Å². The van der Waals surface area contributed by atoms with Crippen molar-refractivity contribution in [2.45, 2.75) is 19.9 Å². The first-order valence-electron chi connectivity index (χ1n) is 8.40. The van der Waals surface area contributed by atoms with Gasteiger partial charge in [-0.05, 0) is 55.8 Å². The number of ether oxygens (including phenoxy) is 1. The maximum absolute atomic E-state index is 11.8. The first-order valence-corrected chi connectivity index (χ1v) is 8.40. The summed E-state index contributed by atoms with van der Waals surface area (Å²) in [6, 6.07) is 11.1. The van der Waals surface area contributed by atoms with Crippen molar-refractivity contribution >= 4 is 23.2 Å². The van der Waals surface area contributed by atoms with E-state index in [-0.39, 0.29) is 5.84 Å². The highest BCUT2D eigenvalue weighted by atomic mass is 16.5. The van der Waals surface area contributed by atoms with Crippen LogP contribution in [0.3, 0.4) is 0 Å². The number of nitrogens with one attached hydrogen (secondary N) is 3. The fraction of sp³-hybridized carbons (Fsp3) is 0.263. The van der Waals surface area contributed by atoms with Crippen LogP contribution >= 0.6 is 0 Å². The molecule has 0 fully saturated rings. The lowest BCUT2D eigenvalue weighted by Crippen LogP contribution is -2.21. The van der Waals surface area contributed by atoms with E-state index >= 15 is 0 Å². The van der Waals surface area contributed by atoms with E-state index in [2.05, 4.69) is 10.6 Å². The minimum atomic E-state index is -0.993. The van der Waals surface area contributed by atoms with Crippen molar-refractivity contribution in [3.05, 3.63) is 53.6 Å². The van der Waals surface area contributed by atoms with Gasteiger partial charge in [0.05, 0.1) is 12.3 Å². The summed E-state index contributed by atoms with van der Waals surface area (Å²) in [5.41, 5.74) is 8.01. The van der Waals surface area contributed by atoms with Gasteiger partial charge in [0.25, 0.3) is 0 Å². The Bertz CT molecular complexity index is 775. The lowest BCUT2D eigenvalue weighted by Gasteiger charge is -2.19. The molecule has 0 aromatic heterocycles. The van der Waals surface area contributed by atoms with Crippen molar-refractivity contribution in [2.75, 3.05) is 23.8 Å². The van der Waals surface area contributed by atoms with E-state index in [1.165, 1.54) is 0 Å². The van der Waals surface area contributed by atoms with Crippen molar-refractivity contribution in [2.24, 2.45) is 5.73 Å². The van der Waals surface area contributed by atoms with Gasteiger partial charge in [0.2, 0.25) is 0 Å². The van der Waals surface area contributed by atoms with E-state index in [1.54, 1.807) is 42.5 Å². The second-order valence-corrected chi connectivity index (χ2v) is 5.63. The van der Waals surface area contributed by atoms with E-state index < -0.39 is 12.0 Å². The summed E-state index contributed by atoms with van der Waals surface area (Å²) in [5, 5.41) is 23.3. The molecular formula is C19H24N4O3. The predicted octanol–water partition coefficient (Wildman–Crippen LogP) is 3.04. The van der Waals surface area contributed by atoms with Gasteiger partial charge in [0.1, 0.15) is 11.6 Å². The molecule has 0 aliphatic heterocycles. The summed E-state index contributed by atoms with van der Waals surface area (Å²) in [5.74, 6) is -0.339. The number of rotatable bonds is 9. The molecule has 2 aromatic carbocycles. The van der Waals surface area contributed by atoms with Gasteiger partial charge in [-0.15, -0.1) is 0 Å². The van der Waals surface area contributed by atoms with E-state index in [0.717, 1.165) is 5.69 Å². The zero-order chi connectivity index (χ0) is 19.1. The van der Waals surface area contributed by atoms with Crippen molar-refractivity contribution in [1.82, 2.24) is 0 Å². The Kier molecular flexibility index (Phi) is 6.43. The molecule has 2 rings (SSSR count). The average molecular weight is 356 g/mol. The minimum absolute atomic E-state index is 0.0341. The average Bonchev–Trinajstić information content (AvgIpc) is 2.62. The quantitative estimate of drug-likeness (QED) is 0.348. The molecule has 2 aromatic rings. The Labute approximate surface area is 152 Å². The van der Waals surface area contributed by atoms with Gasteiger partial charge in [-0.2, -0.15) is 0 Å². The number of aliphatic carboxylic acids is 1. The second-order valence-electron chi connectivity index (χ2n) is 5.63. The molecule has 1 unspecified atom stereocenters. The zero-order valence-corrected chi connectivity index (χ0v) is 14.9. The molecule has 26 heavy (non-hydrogen) atoms. The number of amidine groups is 1. The Morgan fingerprint density at radius 1 is 1.23 bits per heavy atom. The molecule has 7 nitrogen and oxygen atoms in total. The predicted molar refractivity (Wildman–Crippen MR) is 103 cm³/mol. The number of nitrogen functional groups attached to an aromatic ring is 1. The molecule has 7 heteroatoms. The molecule has 0 radical (unpaired) electrons. The molecule has 0 bridgehead atoms. The largest absolute Gasteiger partial charge is 0.492 e. The first kappa shape index (κ1) is 19.1. The standard InChI is InChI=1S/C19H24N4O3/c1-3-22-15-11-13(7-10-16(15)26-4-2)17(19(24)25)23-14-8-5-12(6-9-14)18(20)21/h5-11,17,22-23H,3-4H2,1-2H3,(H3,20,21)(H,24,25). The Hall–Kier alpha value is -3.22. The molecule has 6 N–H and O–H groups in total. The van der Waals surface area contributed by atoms with Crippen LogP contribution < -0.4 is 21.1 Å². The second kappa shape index (κ2) is 8.75. The SMILES string of the molecule is CCNc1cc(C(Nc2ccc(C(=N)N)cc2)C(=O)O)ccc1OCC. The third-order valence-corrected chi connectivity index (χ3v) is 3.76. The van der Waals surface area contributed by atoms with E-state index in [0.29, 0.717) is 35.7 Å². The fourth-order valence-electron chi connectivity index (χ4n) is 2.54. The summed E-state index contributed by atoms with van der Waals surface area (Å²) in [7, 11) is 0. The molecule has 0 aliphatic rings. The lowest BCUT2D eigenvalue weighted by atomic mass is 10.0. The van der Waals surface area contributed by atoms with Crippen LogP contribution in [0.5, 0.6) is 5.75 Å². The summed E-state index contributed by atoms with van der Waals surface area (Å²) >= 11 is 0. The van der Waals surface area contributed by atoms with Crippen LogP contribution in [0.4, 0.5) is 11.4 Å². The maximum atomic E-state index is 11.8. The molecule has 0 saturated carbocycles. The van der Waals surface area contributed by atoms with Crippen molar-refractivity contribution in [3.63, 3.8) is 0 Å². The molecule has 0 heterocycles. The highest BCUT2D eigenvalue weighted by Crippen LogP contribution is 2.30. The van der Waals surface area contributed by atoms with Crippen LogP contribution in [0.1, 0.15) is 31.0 Å². The van der Waals surface area contributed by atoms with Crippen LogP contribution in [0, 0.1) is 5.41 Å². The van der Waals surface area contributed by atoms with Crippen LogP contribution in [-0.4, -0.2) is 30.1 Å². The molecule has 0 saturated heterocycles. The van der Waals surface area contributed by atoms with Crippen LogP contribution in [0.15, 0.2) is 42.5 Å². The van der Waals surface area contributed by atoms with Gasteiger partial charge in [0, 0.05) is 17.8 Å². The van der Waals surface area contributed by atoms with Crippen LogP contribution in [0.2, 0.25) is 0 Å². The van der Waals surface area contributed by atoms with E-state index in [1.807, 2.05) is 13.8 Å². The highest BCUT2D eigenvalue weighted by molar-refractivity contribution is 5.95. The third kappa shape index (κ3) is 4.66. The Balaban J connectivity index is 2.30. The third-order valence-electron chi connectivity index (χ3n) is 3.76. The number of anilines is 2. The number of nitrogens with two attached hydrogens (primary N) is 1. The van der Waals surface area contributed by atoms with Crippen LogP contribution in [-0.2, 0) is 4.79 Å². The fourth-order valence-corrected chi connectivity index (χ4v) is 2.54. The number of carbonyl (C=O) groups is 1. The Morgan fingerprint density at radius 3 is 2.46 bits per heavy atom. The van der Waals surface area contributed by atoms with E-state index in [9.17, 15) is 9.90 Å². The number of carboxylic acids is 1. The number of hydrogen-bond acceptors (Lipinski definition) is 5. The summed E-state index contributed by atoms with van der Waals surface area (Å²) < 4.78 is 5.58. The monoisotopic (exact) mass is 356 g/mol. The van der Waals surface area contributed by atoms with Gasteiger partial charge >= 0.3 is 5.97 Å². The maximum Gasteiger partial charge on any atom is 0.330 e. The molecule has 1 atom stereocenters. The summed E-state index contributed by atoms with van der Waals surface area (Å²) in [4.78, 5) is 11.8. The lowest BCUT2D eigenvalue weighted by molar-refractivity contribution is -0.138. The molecule has 0 spiro atoms. The van der Waals surface area contributed by atoms with Gasteiger partial charge < -0.3 is 26.2 Å². The normalized spacial score (nSPS) is 11.5. The molecular weight excluding hydrogens is 332 g/mol. The van der Waals surface area contributed by atoms with Gasteiger partial charge in [-0.25, -0.2) is 4.79 Å². The van der Waals surface area contributed by atoms with Gasteiger partial charge in [-0.3, -0.25) is 5.41 Å². The zero-order valence-electron chi connectivity index (χ0n) is 14.9. The highest BCUT2D eigenvalue weighted by Gasteiger charge is 2.21. The van der Waals surface area contributed by atoms with Crippen molar-refractivity contribution < 1.29 is 14.6 Å². The smallest absolute Gasteiger partial charge is 0.330 e. The number of hydrogen-bond donors (Lipinski definition) is 5. The Morgan fingerprint density at radius 2 is 1.92 bits per heavy atom. The first-order chi connectivity index (χ1) is 12.5. The summed E-state index contributed by atoms with van der Waals surface area (Å²) in [6.45, 7) is 5.09.